The number of aliphatic hydroxyl groups excluding tert-OH is 1. The van der Waals surface area contributed by atoms with E-state index in [1.807, 2.05) is 48.5 Å². The molecule has 140 valence electrons. The number of hydrogen-bond donors (Lipinski definition) is 1. The van der Waals surface area contributed by atoms with Crippen molar-refractivity contribution in [3.8, 4) is 11.1 Å². The number of para-hydroxylation sites is 1. The molecule has 0 bridgehead atoms. The summed E-state index contributed by atoms with van der Waals surface area (Å²) in [5, 5.41) is 9.75. The van der Waals surface area contributed by atoms with Crippen LogP contribution in [0.5, 0.6) is 0 Å². The number of nitrogens with zero attached hydrogens (tertiary/aromatic N) is 1. The van der Waals surface area contributed by atoms with Crippen LogP contribution in [0.25, 0.3) is 11.1 Å². The van der Waals surface area contributed by atoms with Gasteiger partial charge in [0, 0.05) is 5.92 Å². The number of carbonyl (C=O) groups excluding carboxylic acids is 1. The molecule has 2 aliphatic rings. The van der Waals surface area contributed by atoms with Gasteiger partial charge in [-0.05, 0) is 40.3 Å². The van der Waals surface area contributed by atoms with Crippen molar-refractivity contribution < 1.29 is 14.6 Å². The van der Waals surface area contributed by atoms with E-state index in [9.17, 15) is 9.90 Å². The first-order chi connectivity index (χ1) is 13.8. The monoisotopic (exact) mass is 371 g/mol. The Kier molecular flexibility index (Phi) is 4.14. The molecule has 1 heterocycles. The molecule has 3 aromatic carbocycles. The number of fused-ring (bicyclic) bond motifs is 4. The zero-order valence-electron chi connectivity index (χ0n) is 15.4. The fourth-order valence-electron chi connectivity index (χ4n) is 4.52. The lowest BCUT2D eigenvalue weighted by Crippen LogP contribution is -2.40. The quantitative estimate of drug-likeness (QED) is 0.744. The van der Waals surface area contributed by atoms with Crippen molar-refractivity contribution >= 4 is 11.8 Å². The summed E-state index contributed by atoms with van der Waals surface area (Å²) < 4.78 is 5.79. The van der Waals surface area contributed by atoms with Gasteiger partial charge in [-0.2, -0.15) is 0 Å². The van der Waals surface area contributed by atoms with Gasteiger partial charge in [0.25, 0.3) is 0 Å². The second-order valence-corrected chi connectivity index (χ2v) is 7.34. The van der Waals surface area contributed by atoms with Crippen LogP contribution in [-0.2, 0) is 11.2 Å². The van der Waals surface area contributed by atoms with Crippen LogP contribution in [0.3, 0.4) is 0 Å². The zero-order chi connectivity index (χ0) is 19.1. The van der Waals surface area contributed by atoms with Crippen molar-refractivity contribution in [1.82, 2.24) is 0 Å². The van der Waals surface area contributed by atoms with Crippen molar-refractivity contribution in [2.75, 3.05) is 18.1 Å². The van der Waals surface area contributed by atoms with Crippen molar-refractivity contribution in [3.05, 3.63) is 89.5 Å². The SMILES string of the molecule is O=C(OCC1c2ccccc2-c2ccccc21)N1c2ccccc2CC1CO. The van der Waals surface area contributed by atoms with Gasteiger partial charge in [0.1, 0.15) is 6.61 Å². The van der Waals surface area contributed by atoms with Crippen LogP contribution in [-0.4, -0.2) is 30.5 Å². The maximum Gasteiger partial charge on any atom is 0.414 e. The number of ether oxygens (including phenoxy) is 1. The van der Waals surface area contributed by atoms with Crippen LogP contribution in [0.1, 0.15) is 22.6 Å². The van der Waals surface area contributed by atoms with Crippen LogP contribution in [0, 0.1) is 0 Å². The minimum absolute atomic E-state index is 0.0294. The van der Waals surface area contributed by atoms with Gasteiger partial charge in [0.15, 0.2) is 0 Å². The standard InChI is InChI=1S/C24H21NO3/c26-14-17-13-16-7-1-6-12-23(16)25(17)24(27)28-15-22-20-10-4-2-8-18(20)19-9-3-5-11-21(19)22/h1-12,17,22,26H,13-15H2. The molecule has 3 aromatic rings. The van der Waals surface area contributed by atoms with Gasteiger partial charge in [-0.25, -0.2) is 4.79 Å². The third-order valence-corrected chi connectivity index (χ3v) is 5.82. The summed E-state index contributed by atoms with van der Waals surface area (Å²) in [7, 11) is 0. The lowest BCUT2D eigenvalue weighted by atomic mass is 9.98. The van der Waals surface area contributed by atoms with E-state index >= 15 is 0 Å². The highest BCUT2D eigenvalue weighted by molar-refractivity contribution is 5.91. The molecule has 1 atom stereocenters. The summed E-state index contributed by atoms with van der Waals surface area (Å²) in [5.41, 5.74) is 6.70. The van der Waals surface area contributed by atoms with E-state index in [4.69, 9.17) is 4.74 Å². The van der Waals surface area contributed by atoms with E-state index in [1.54, 1.807) is 4.90 Å². The van der Waals surface area contributed by atoms with Gasteiger partial charge in [0.05, 0.1) is 18.3 Å². The Morgan fingerprint density at radius 1 is 0.929 bits per heavy atom. The maximum absolute atomic E-state index is 13.0. The molecular formula is C24H21NO3. The average Bonchev–Trinajstić information content (AvgIpc) is 3.28. The van der Waals surface area contributed by atoms with Gasteiger partial charge < -0.3 is 9.84 Å². The van der Waals surface area contributed by atoms with Gasteiger partial charge >= 0.3 is 6.09 Å². The number of aliphatic hydroxyl groups is 1. The first-order valence-corrected chi connectivity index (χ1v) is 9.61. The number of carbonyl (C=O) groups is 1. The molecule has 4 heteroatoms. The third-order valence-electron chi connectivity index (χ3n) is 5.82. The molecule has 1 N–H and O–H groups in total. The highest BCUT2D eigenvalue weighted by Gasteiger charge is 2.35. The van der Waals surface area contributed by atoms with Crippen molar-refractivity contribution in [1.29, 1.82) is 0 Å². The highest BCUT2D eigenvalue weighted by Crippen LogP contribution is 2.44. The summed E-state index contributed by atoms with van der Waals surface area (Å²) in [5.74, 6) is 0.0294. The Balaban J connectivity index is 1.40. The van der Waals surface area contributed by atoms with Crippen molar-refractivity contribution in [2.24, 2.45) is 0 Å². The molecule has 28 heavy (non-hydrogen) atoms. The van der Waals surface area contributed by atoms with E-state index in [0.29, 0.717) is 6.42 Å². The molecule has 0 aromatic heterocycles. The van der Waals surface area contributed by atoms with Gasteiger partial charge in [0.2, 0.25) is 0 Å². The van der Waals surface area contributed by atoms with Crippen LogP contribution >= 0.6 is 0 Å². The molecule has 0 spiro atoms. The summed E-state index contributed by atoms with van der Waals surface area (Å²) in [4.78, 5) is 14.5. The maximum atomic E-state index is 13.0. The molecule has 1 unspecified atom stereocenters. The lowest BCUT2D eigenvalue weighted by molar-refractivity contribution is 0.144. The summed E-state index contributed by atoms with van der Waals surface area (Å²) in [6, 6.07) is 24.1. The molecular weight excluding hydrogens is 350 g/mol. The molecule has 4 nitrogen and oxygen atoms in total. The number of benzene rings is 3. The Labute approximate surface area is 164 Å². The second-order valence-electron chi connectivity index (χ2n) is 7.34. The molecule has 0 radical (unpaired) electrons. The molecule has 5 rings (SSSR count). The smallest absolute Gasteiger partial charge is 0.414 e. The Hall–Kier alpha value is -3.11. The Bertz CT molecular complexity index is 1000. The predicted molar refractivity (Wildman–Crippen MR) is 109 cm³/mol. The molecule has 0 saturated heterocycles. The molecule has 0 fully saturated rings. The van der Waals surface area contributed by atoms with Crippen LogP contribution in [0.4, 0.5) is 10.5 Å². The van der Waals surface area contributed by atoms with Crippen LogP contribution in [0.2, 0.25) is 0 Å². The summed E-state index contributed by atoms with van der Waals surface area (Å²) >= 11 is 0. The van der Waals surface area contributed by atoms with Gasteiger partial charge in [-0.15, -0.1) is 0 Å². The van der Waals surface area contributed by atoms with E-state index in [1.165, 1.54) is 22.3 Å². The number of rotatable bonds is 3. The van der Waals surface area contributed by atoms with Crippen molar-refractivity contribution in [2.45, 2.75) is 18.4 Å². The minimum Gasteiger partial charge on any atom is -0.448 e. The first kappa shape index (κ1) is 17.0. The molecule has 1 amide bonds. The van der Waals surface area contributed by atoms with Gasteiger partial charge in [-0.3, -0.25) is 4.90 Å². The fraction of sp³-hybridized carbons (Fsp3) is 0.208. The predicted octanol–water partition coefficient (Wildman–Crippen LogP) is 4.36. The Morgan fingerprint density at radius 2 is 1.54 bits per heavy atom. The topological polar surface area (TPSA) is 49.8 Å². The largest absolute Gasteiger partial charge is 0.448 e. The summed E-state index contributed by atoms with van der Waals surface area (Å²) in [6.45, 7) is 0.197. The number of anilines is 1. The molecule has 1 aliphatic heterocycles. The van der Waals surface area contributed by atoms with E-state index in [2.05, 4.69) is 24.3 Å². The normalized spacial score (nSPS) is 17.2. The Morgan fingerprint density at radius 3 is 2.21 bits per heavy atom. The van der Waals surface area contributed by atoms with Crippen LogP contribution < -0.4 is 4.90 Å². The van der Waals surface area contributed by atoms with Gasteiger partial charge in [-0.1, -0.05) is 66.7 Å². The number of hydrogen-bond acceptors (Lipinski definition) is 3. The molecule has 1 aliphatic carbocycles. The average molecular weight is 371 g/mol. The van der Waals surface area contributed by atoms with E-state index in [-0.39, 0.29) is 25.2 Å². The first-order valence-electron chi connectivity index (χ1n) is 9.61. The number of amides is 1. The van der Waals surface area contributed by atoms with E-state index < -0.39 is 6.09 Å². The van der Waals surface area contributed by atoms with Crippen LogP contribution in [0.15, 0.2) is 72.8 Å². The summed E-state index contributed by atoms with van der Waals surface area (Å²) in [6.07, 6.45) is 0.252. The zero-order valence-corrected chi connectivity index (χ0v) is 15.4. The molecule has 0 saturated carbocycles. The lowest BCUT2D eigenvalue weighted by Gasteiger charge is -2.24. The highest BCUT2D eigenvalue weighted by atomic mass is 16.6. The fourth-order valence-corrected chi connectivity index (χ4v) is 4.52. The minimum atomic E-state index is -0.397. The third kappa shape index (κ3) is 2.60. The van der Waals surface area contributed by atoms with Crippen molar-refractivity contribution in [3.63, 3.8) is 0 Å². The second kappa shape index (κ2) is 6.80. The van der Waals surface area contributed by atoms with E-state index in [0.717, 1.165) is 11.3 Å².